The zero-order valence-electron chi connectivity index (χ0n) is 15.6. The maximum atomic E-state index is 12.6. The van der Waals surface area contributed by atoms with Gasteiger partial charge in [0.1, 0.15) is 12.2 Å². The molecule has 1 aliphatic rings. The molecule has 0 radical (unpaired) electrons. The van der Waals surface area contributed by atoms with Crippen molar-refractivity contribution in [3.63, 3.8) is 0 Å². The van der Waals surface area contributed by atoms with E-state index in [0.717, 1.165) is 11.3 Å². The van der Waals surface area contributed by atoms with E-state index in [1.165, 1.54) is 4.90 Å². The molecular weight excluding hydrogens is 383 g/mol. The van der Waals surface area contributed by atoms with E-state index in [2.05, 4.69) is 15.4 Å². The normalized spacial score (nSPS) is 17.1. The van der Waals surface area contributed by atoms with Gasteiger partial charge >= 0.3 is 6.18 Å². The largest absolute Gasteiger partial charge is 0.397 e. The van der Waals surface area contributed by atoms with Crippen molar-refractivity contribution in [2.45, 2.75) is 31.5 Å². The Morgan fingerprint density at radius 3 is 2.72 bits per heavy atom. The van der Waals surface area contributed by atoms with Crippen LogP contribution in [0.4, 0.5) is 19.0 Å². The van der Waals surface area contributed by atoms with Gasteiger partial charge in [0.25, 0.3) is 0 Å². The summed E-state index contributed by atoms with van der Waals surface area (Å²) in [5.41, 5.74) is 2.51. The first-order chi connectivity index (χ1) is 13.9. The molecule has 1 aliphatic heterocycles. The number of benzene rings is 1. The van der Waals surface area contributed by atoms with Crippen LogP contribution in [0.3, 0.4) is 0 Å². The Balaban J connectivity index is 1.48. The highest BCUT2D eigenvalue weighted by atomic mass is 19.4. The second kappa shape index (κ2) is 7.73. The highest BCUT2D eigenvalue weighted by molar-refractivity contribution is 5.77. The van der Waals surface area contributed by atoms with E-state index in [0.29, 0.717) is 37.4 Å². The van der Waals surface area contributed by atoms with Crippen LogP contribution in [0, 0.1) is 0 Å². The van der Waals surface area contributed by atoms with Crippen molar-refractivity contribution in [1.29, 1.82) is 0 Å². The van der Waals surface area contributed by atoms with E-state index in [1.807, 2.05) is 36.4 Å². The van der Waals surface area contributed by atoms with Gasteiger partial charge in [0, 0.05) is 24.7 Å². The number of carbonyl (C=O) groups is 1. The summed E-state index contributed by atoms with van der Waals surface area (Å²) in [5.74, 6) is -0.297. The molecule has 1 aromatic carbocycles. The minimum Gasteiger partial charge on any atom is -0.367 e. The lowest BCUT2D eigenvalue weighted by Gasteiger charge is -2.25. The van der Waals surface area contributed by atoms with Crippen molar-refractivity contribution in [2.24, 2.45) is 0 Å². The number of anilines is 1. The number of fused-ring (bicyclic) bond motifs is 1. The van der Waals surface area contributed by atoms with Crippen molar-refractivity contribution >= 4 is 17.4 Å². The van der Waals surface area contributed by atoms with Gasteiger partial charge < -0.3 is 10.2 Å². The van der Waals surface area contributed by atoms with Crippen LogP contribution in [0.25, 0.3) is 16.9 Å². The average Bonchev–Trinajstić information content (AvgIpc) is 3.32. The minimum absolute atomic E-state index is 0.279. The Morgan fingerprint density at radius 1 is 1.17 bits per heavy atom. The zero-order chi connectivity index (χ0) is 20.4. The van der Waals surface area contributed by atoms with E-state index in [9.17, 15) is 18.0 Å². The number of likely N-dealkylation sites (tertiary alicyclic amines) is 1. The van der Waals surface area contributed by atoms with Crippen LogP contribution in [0.15, 0.2) is 48.7 Å². The summed E-state index contributed by atoms with van der Waals surface area (Å²) in [5, 5.41) is 7.72. The summed E-state index contributed by atoms with van der Waals surface area (Å²) in [6.45, 7) is 0.699. The van der Waals surface area contributed by atoms with Crippen LogP contribution in [-0.2, 0) is 4.79 Å². The number of imidazole rings is 1. The molecule has 4 rings (SSSR count). The molecule has 0 spiro atoms. The Labute approximate surface area is 165 Å². The van der Waals surface area contributed by atoms with Gasteiger partial charge in [-0.25, -0.2) is 9.50 Å². The molecular formula is C20H20F3N5O. The number of amides is 1. The van der Waals surface area contributed by atoms with Gasteiger partial charge in [-0.1, -0.05) is 30.3 Å². The van der Waals surface area contributed by atoms with Gasteiger partial charge in [0.15, 0.2) is 5.65 Å². The van der Waals surface area contributed by atoms with E-state index < -0.39 is 18.5 Å². The minimum atomic E-state index is -4.49. The van der Waals surface area contributed by atoms with Crippen LogP contribution in [0.1, 0.15) is 19.3 Å². The maximum Gasteiger partial charge on any atom is 0.397 e. The Bertz CT molecular complexity index is 1000. The van der Waals surface area contributed by atoms with Crippen LogP contribution in [0.5, 0.6) is 0 Å². The van der Waals surface area contributed by atoms with Crippen LogP contribution >= 0.6 is 0 Å². The second-order valence-electron chi connectivity index (χ2n) is 7.05. The predicted octanol–water partition coefficient (Wildman–Crippen LogP) is 3.75. The lowest BCUT2D eigenvalue weighted by molar-refractivity contribution is -0.161. The molecule has 29 heavy (non-hydrogen) atoms. The first-order valence-corrected chi connectivity index (χ1v) is 9.41. The van der Waals surface area contributed by atoms with Crippen molar-refractivity contribution < 1.29 is 18.0 Å². The van der Waals surface area contributed by atoms with E-state index in [-0.39, 0.29) is 6.04 Å². The molecule has 6 nitrogen and oxygen atoms in total. The molecule has 9 heteroatoms. The van der Waals surface area contributed by atoms with E-state index >= 15 is 0 Å². The average molecular weight is 403 g/mol. The highest BCUT2D eigenvalue weighted by Crippen LogP contribution is 2.25. The molecule has 152 valence electrons. The van der Waals surface area contributed by atoms with Crippen molar-refractivity contribution in [1.82, 2.24) is 19.5 Å². The standard InChI is InChI=1S/C20H20F3N5O/c21-20(22,23)11-19(29)27-10-4-7-15(27)12-24-17-8-9-18-25-13-16(28(18)26-17)14-5-2-1-3-6-14/h1-3,5-6,8-9,13,15H,4,7,10-12H2,(H,24,26)/t15-/m0/s1. The van der Waals surface area contributed by atoms with Crippen LogP contribution in [0.2, 0.25) is 0 Å². The summed E-state index contributed by atoms with van der Waals surface area (Å²) < 4.78 is 39.4. The molecule has 1 fully saturated rings. The summed E-state index contributed by atoms with van der Waals surface area (Å²) in [6, 6.07) is 13.0. The molecule has 0 saturated carbocycles. The fourth-order valence-corrected chi connectivity index (χ4v) is 3.65. The molecule has 0 bridgehead atoms. The number of nitrogens with one attached hydrogen (secondary N) is 1. The van der Waals surface area contributed by atoms with Gasteiger partial charge in [-0.3, -0.25) is 4.79 Å². The molecule has 0 unspecified atom stereocenters. The van der Waals surface area contributed by atoms with Crippen LogP contribution in [-0.4, -0.2) is 50.7 Å². The highest BCUT2D eigenvalue weighted by Gasteiger charge is 2.37. The Kier molecular flexibility index (Phi) is 5.12. The van der Waals surface area contributed by atoms with Gasteiger partial charge in [-0.05, 0) is 25.0 Å². The number of carbonyl (C=O) groups excluding carboxylic acids is 1. The Morgan fingerprint density at radius 2 is 1.97 bits per heavy atom. The number of halogens is 3. The summed E-state index contributed by atoms with van der Waals surface area (Å²) >= 11 is 0. The SMILES string of the molecule is O=C(CC(F)(F)F)N1CCC[C@H]1CNc1ccc2ncc(-c3ccccc3)n2n1. The van der Waals surface area contributed by atoms with E-state index in [1.54, 1.807) is 16.8 Å². The van der Waals surface area contributed by atoms with E-state index in [4.69, 9.17) is 0 Å². The molecule has 2 aromatic heterocycles. The first kappa shape index (κ1) is 19.2. The van der Waals surface area contributed by atoms with Gasteiger partial charge in [0.05, 0.1) is 11.9 Å². The smallest absolute Gasteiger partial charge is 0.367 e. The van der Waals surface area contributed by atoms with Crippen molar-refractivity contribution in [3.05, 3.63) is 48.7 Å². The third-order valence-corrected chi connectivity index (χ3v) is 5.00. The number of alkyl halides is 3. The number of hydrogen-bond donors (Lipinski definition) is 1. The lowest BCUT2D eigenvalue weighted by Crippen LogP contribution is -2.41. The molecule has 3 aromatic rings. The van der Waals surface area contributed by atoms with Crippen molar-refractivity contribution in [3.8, 4) is 11.3 Å². The number of nitrogens with zero attached hydrogens (tertiary/aromatic N) is 4. The molecule has 3 heterocycles. The Hall–Kier alpha value is -3.10. The quantitative estimate of drug-likeness (QED) is 0.705. The fourth-order valence-electron chi connectivity index (χ4n) is 3.65. The lowest BCUT2D eigenvalue weighted by atomic mass is 10.2. The fraction of sp³-hybridized carbons (Fsp3) is 0.350. The number of aromatic nitrogens is 3. The molecule has 1 amide bonds. The van der Waals surface area contributed by atoms with Gasteiger partial charge in [-0.2, -0.15) is 13.2 Å². The number of rotatable bonds is 5. The monoisotopic (exact) mass is 403 g/mol. The van der Waals surface area contributed by atoms with Crippen molar-refractivity contribution in [2.75, 3.05) is 18.4 Å². The second-order valence-corrected chi connectivity index (χ2v) is 7.05. The predicted molar refractivity (Wildman–Crippen MR) is 102 cm³/mol. The summed E-state index contributed by atoms with van der Waals surface area (Å²) in [6.07, 6.45) is -2.79. The number of hydrogen-bond acceptors (Lipinski definition) is 4. The summed E-state index contributed by atoms with van der Waals surface area (Å²) in [4.78, 5) is 17.7. The first-order valence-electron chi connectivity index (χ1n) is 9.41. The van der Waals surface area contributed by atoms with Gasteiger partial charge in [-0.15, -0.1) is 5.10 Å². The molecule has 1 saturated heterocycles. The zero-order valence-corrected chi connectivity index (χ0v) is 15.6. The third kappa shape index (κ3) is 4.33. The summed E-state index contributed by atoms with van der Waals surface area (Å²) in [7, 11) is 0. The topological polar surface area (TPSA) is 62.5 Å². The molecule has 1 atom stereocenters. The molecule has 1 N–H and O–H groups in total. The van der Waals surface area contributed by atoms with Gasteiger partial charge in [0.2, 0.25) is 5.91 Å². The maximum absolute atomic E-state index is 12.6. The molecule has 0 aliphatic carbocycles. The van der Waals surface area contributed by atoms with Crippen LogP contribution < -0.4 is 5.32 Å². The third-order valence-electron chi connectivity index (χ3n) is 5.00.